The highest BCUT2D eigenvalue weighted by Crippen LogP contribution is 2.49. The highest BCUT2D eigenvalue weighted by molar-refractivity contribution is 5.80. The number of halogens is 3. The molecule has 1 aliphatic carbocycles. The SMILES string of the molecule is C[C@H](N)C(=O)NC[C@H]1CC[C@@H]2[C@H](O1)c1cc(C(F)(F)F)ccc1N[C@H]2C1C=CC=CC1. The van der Waals surface area contributed by atoms with Gasteiger partial charge in [-0.2, -0.15) is 13.2 Å². The molecular weight excluding hydrogens is 407 g/mol. The van der Waals surface area contributed by atoms with Crippen LogP contribution in [0.5, 0.6) is 0 Å². The van der Waals surface area contributed by atoms with Crippen LogP contribution in [0.4, 0.5) is 18.9 Å². The van der Waals surface area contributed by atoms with E-state index in [0.29, 0.717) is 17.8 Å². The van der Waals surface area contributed by atoms with Crippen LogP contribution in [0.25, 0.3) is 0 Å². The molecule has 4 N–H and O–H groups in total. The number of amides is 1. The molecule has 168 valence electrons. The summed E-state index contributed by atoms with van der Waals surface area (Å²) in [7, 11) is 0. The second-order valence-corrected chi connectivity index (χ2v) is 8.64. The molecule has 2 heterocycles. The number of alkyl halides is 3. The molecule has 0 spiro atoms. The number of fused-ring (bicyclic) bond motifs is 3. The average Bonchev–Trinajstić information content (AvgIpc) is 2.76. The first kappa shape index (κ1) is 21.9. The number of hydrogen-bond donors (Lipinski definition) is 3. The van der Waals surface area contributed by atoms with E-state index in [9.17, 15) is 18.0 Å². The molecule has 3 aliphatic rings. The van der Waals surface area contributed by atoms with Crippen LogP contribution in [0.2, 0.25) is 0 Å². The molecule has 4 rings (SSSR count). The Labute approximate surface area is 179 Å². The predicted octanol–water partition coefficient (Wildman–Crippen LogP) is 3.93. The van der Waals surface area contributed by atoms with E-state index in [1.807, 2.05) is 12.2 Å². The molecule has 1 fully saturated rings. The fourth-order valence-electron chi connectivity index (χ4n) is 4.79. The monoisotopic (exact) mass is 435 g/mol. The van der Waals surface area contributed by atoms with E-state index in [4.69, 9.17) is 10.5 Å². The van der Waals surface area contributed by atoms with Crippen molar-refractivity contribution in [1.82, 2.24) is 5.32 Å². The summed E-state index contributed by atoms with van der Waals surface area (Å²) in [4.78, 5) is 11.8. The van der Waals surface area contributed by atoms with Crippen LogP contribution in [-0.4, -0.2) is 30.6 Å². The molecule has 0 radical (unpaired) electrons. The number of nitrogens with two attached hydrogens (primary N) is 1. The number of anilines is 1. The number of hydrogen-bond acceptors (Lipinski definition) is 4. The number of rotatable bonds is 4. The van der Waals surface area contributed by atoms with Gasteiger partial charge < -0.3 is 21.1 Å². The molecule has 0 saturated carbocycles. The molecule has 2 aliphatic heterocycles. The fraction of sp³-hybridized carbons (Fsp3) is 0.522. The van der Waals surface area contributed by atoms with Gasteiger partial charge in [-0.3, -0.25) is 4.79 Å². The normalized spacial score (nSPS) is 30.7. The Morgan fingerprint density at radius 3 is 2.81 bits per heavy atom. The summed E-state index contributed by atoms with van der Waals surface area (Å²) in [5.74, 6) is 0.0104. The van der Waals surface area contributed by atoms with Gasteiger partial charge in [0.1, 0.15) is 0 Å². The van der Waals surface area contributed by atoms with E-state index in [1.54, 1.807) is 6.92 Å². The van der Waals surface area contributed by atoms with Crippen molar-refractivity contribution in [3.63, 3.8) is 0 Å². The molecule has 5 nitrogen and oxygen atoms in total. The van der Waals surface area contributed by atoms with Gasteiger partial charge in [0.2, 0.25) is 5.91 Å². The van der Waals surface area contributed by atoms with Gasteiger partial charge in [0.15, 0.2) is 0 Å². The van der Waals surface area contributed by atoms with Crippen molar-refractivity contribution in [1.29, 1.82) is 0 Å². The van der Waals surface area contributed by atoms with Crippen molar-refractivity contribution < 1.29 is 22.7 Å². The zero-order valence-electron chi connectivity index (χ0n) is 17.4. The summed E-state index contributed by atoms with van der Waals surface area (Å²) in [6.45, 7) is 1.90. The summed E-state index contributed by atoms with van der Waals surface area (Å²) < 4.78 is 46.5. The number of carbonyl (C=O) groups is 1. The number of allylic oxidation sites excluding steroid dienone is 3. The lowest BCUT2D eigenvalue weighted by Crippen LogP contribution is -2.49. The molecule has 1 aromatic rings. The predicted molar refractivity (Wildman–Crippen MR) is 112 cm³/mol. The first-order valence-corrected chi connectivity index (χ1v) is 10.7. The lowest BCUT2D eigenvalue weighted by molar-refractivity contribution is -0.138. The van der Waals surface area contributed by atoms with Gasteiger partial charge in [-0.15, -0.1) is 0 Å². The average molecular weight is 435 g/mol. The maximum absolute atomic E-state index is 13.4. The van der Waals surface area contributed by atoms with Gasteiger partial charge in [-0.05, 0) is 44.4 Å². The minimum absolute atomic E-state index is 0.0394. The summed E-state index contributed by atoms with van der Waals surface area (Å²) in [5, 5.41) is 6.28. The molecule has 1 aromatic carbocycles. The van der Waals surface area contributed by atoms with E-state index in [0.717, 1.165) is 25.3 Å². The quantitative estimate of drug-likeness (QED) is 0.670. The Balaban J connectivity index is 1.61. The lowest BCUT2D eigenvalue weighted by Gasteiger charge is -2.47. The molecule has 31 heavy (non-hydrogen) atoms. The summed E-state index contributed by atoms with van der Waals surface area (Å²) in [6.07, 6.45) is 5.53. The van der Waals surface area contributed by atoms with E-state index in [1.165, 1.54) is 12.1 Å². The Hall–Kier alpha value is -2.32. The van der Waals surface area contributed by atoms with Crippen LogP contribution >= 0.6 is 0 Å². The van der Waals surface area contributed by atoms with E-state index in [-0.39, 0.29) is 29.9 Å². The third-order valence-electron chi connectivity index (χ3n) is 6.41. The molecule has 1 saturated heterocycles. The van der Waals surface area contributed by atoms with Crippen LogP contribution in [0.15, 0.2) is 42.5 Å². The van der Waals surface area contributed by atoms with Crippen molar-refractivity contribution in [2.45, 2.75) is 56.7 Å². The second-order valence-electron chi connectivity index (χ2n) is 8.64. The fourth-order valence-corrected chi connectivity index (χ4v) is 4.79. The van der Waals surface area contributed by atoms with Crippen LogP contribution in [0.1, 0.15) is 43.4 Å². The van der Waals surface area contributed by atoms with Crippen LogP contribution in [-0.2, 0) is 15.7 Å². The van der Waals surface area contributed by atoms with Gasteiger partial charge >= 0.3 is 6.18 Å². The third kappa shape index (κ3) is 4.65. The molecular formula is C23H28F3N3O2. The van der Waals surface area contributed by atoms with Gasteiger partial charge in [0, 0.05) is 35.7 Å². The molecule has 6 atom stereocenters. The molecule has 0 bridgehead atoms. The Kier molecular flexibility index (Phi) is 6.12. The Bertz CT molecular complexity index is 881. The Morgan fingerprint density at radius 2 is 2.13 bits per heavy atom. The van der Waals surface area contributed by atoms with Crippen molar-refractivity contribution >= 4 is 11.6 Å². The van der Waals surface area contributed by atoms with Gasteiger partial charge in [0.25, 0.3) is 0 Å². The van der Waals surface area contributed by atoms with E-state index in [2.05, 4.69) is 22.8 Å². The first-order valence-electron chi connectivity index (χ1n) is 10.7. The van der Waals surface area contributed by atoms with Crippen molar-refractivity contribution in [2.24, 2.45) is 17.6 Å². The van der Waals surface area contributed by atoms with Gasteiger partial charge in [0.05, 0.1) is 23.8 Å². The van der Waals surface area contributed by atoms with Gasteiger partial charge in [-0.1, -0.05) is 24.3 Å². The highest BCUT2D eigenvalue weighted by Gasteiger charge is 2.45. The van der Waals surface area contributed by atoms with Crippen LogP contribution in [0.3, 0.4) is 0 Å². The van der Waals surface area contributed by atoms with E-state index < -0.39 is 23.9 Å². The molecule has 8 heteroatoms. The maximum atomic E-state index is 13.4. The summed E-state index contributed by atoms with van der Waals surface area (Å²) in [5.41, 5.74) is 6.14. The smallest absolute Gasteiger partial charge is 0.381 e. The Morgan fingerprint density at radius 1 is 1.32 bits per heavy atom. The summed E-state index contributed by atoms with van der Waals surface area (Å²) >= 11 is 0. The highest BCUT2D eigenvalue weighted by atomic mass is 19.4. The number of ether oxygens (including phenoxy) is 1. The minimum Gasteiger partial charge on any atom is -0.381 e. The van der Waals surface area contributed by atoms with Crippen molar-refractivity contribution in [3.8, 4) is 0 Å². The number of carbonyl (C=O) groups excluding carboxylic acids is 1. The van der Waals surface area contributed by atoms with Crippen LogP contribution < -0.4 is 16.4 Å². The lowest BCUT2D eigenvalue weighted by atomic mass is 9.73. The largest absolute Gasteiger partial charge is 0.416 e. The zero-order valence-corrected chi connectivity index (χ0v) is 17.4. The maximum Gasteiger partial charge on any atom is 0.416 e. The molecule has 1 unspecified atom stereocenters. The second kappa shape index (κ2) is 8.67. The van der Waals surface area contributed by atoms with Crippen LogP contribution in [0, 0.1) is 11.8 Å². The standard InChI is InChI=1S/C23H28F3N3O2/c1-13(27)22(30)28-12-16-8-9-17-20(14-5-3-2-4-6-14)29-19-10-7-15(23(24,25)26)11-18(19)21(17)31-16/h2-5,7,10-11,13-14,16-17,20-21,29H,6,8-9,12,27H2,1H3,(H,28,30)/t13-,14?,16+,17-,20-,21-/m0/s1. The number of nitrogens with one attached hydrogen (secondary N) is 2. The van der Waals surface area contributed by atoms with Crippen molar-refractivity contribution in [3.05, 3.63) is 53.6 Å². The molecule has 1 amide bonds. The molecule has 0 aromatic heterocycles. The van der Waals surface area contributed by atoms with Crippen molar-refractivity contribution in [2.75, 3.05) is 11.9 Å². The third-order valence-corrected chi connectivity index (χ3v) is 6.41. The minimum atomic E-state index is -4.42. The summed E-state index contributed by atoms with van der Waals surface area (Å²) in [6, 6.07) is 3.27. The zero-order chi connectivity index (χ0) is 22.2. The number of benzene rings is 1. The first-order chi connectivity index (χ1) is 14.7. The van der Waals surface area contributed by atoms with Gasteiger partial charge in [-0.25, -0.2) is 0 Å². The van der Waals surface area contributed by atoms with E-state index >= 15 is 0 Å². The topological polar surface area (TPSA) is 76.4 Å².